The molecule has 0 saturated carbocycles. The van der Waals surface area contributed by atoms with E-state index in [1.807, 2.05) is 61.5 Å². The lowest BCUT2D eigenvalue weighted by atomic mass is 9.78. The van der Waals surface area contributed by atoms with Crippen LogP contribution in [0.1, 0.15) is 94.9 Å². The number of esters is 2. The van der Waals surface area contributed by atoms with Crippen molar-refractivity contribution in [2.24, 2.45) is 5.92 Å². The molecule has 90 heavy (non-hydrogen) atoms. The second-order valence-corrected chi connectivity index (χ2v) is 23.6. The molecule has 0 aromatic heterocycles. The number of halogens is 1. The summed E-state index contributed by atoms with van der Waals surface area (Å²) in [4.78, 5) is 99.9. The molecule has 488 valence electrons. The average Bonchev–Trinajstić information content (AvgIpc) is 1.57. The Bertz CT molecular complexity index is 3160. The van der Waals surface area contributed by atoms with Gasteiger partial charge in [0.15, 0.2) is 0 Å². The van der Waals surface area contributed by atoms with Crippen LogP contribution in [-0.4, -0.2) is 199 Å². The van der Waals surface area contributed by atoms with Gasteiger partial charge in [-0.05, 0) is 75.1 Å². The highest BCUT2D eigenvalue weighted by Crippen LogP contribution is 2.50. The normalized spacial score (nSPS) is 23.5. The van der Waals surface area contributed by atoms with E-state index in [-0.39, 0.29) is 94.1 Å². The summed E-state index contributed by atoms with van der Waals surface area (Å²) in [7, 11) is 7.60. The minimum absolute atomic E-state index is 0.0136. The fraction of sp³-hybridized carbons (Fsp3) is 0.537. The molecule has 0 unspecified atom stereocenters. The third-order valence-corrected chi connectivity index (χ3v) is 17.1. The number of hydrogen-bond acceptors (Lipinski definition) is 17. The summed E-state index contributed by atoms with van der Waals surface area (Å²) in [5.74, 6) is 3.10. The number of carbonyl (C=O) groups excluding carboxylic acids is 7. The fourth-order valence-electron chi connectivity index (χ4n) is 11.0. The summed E-state index contributed by atoms with van der Waals surface area (Å²) < 4.78 is 52.0. The molecule has 22 nitrogen and oxygen atoms in total. The number of para-hydroxylation sites is 1. The molecule has 2 fully saturated rings. The predicted octanol–water partition coefficient (Wildman–Crippen LogP) is 5.91. The summed E-state index contributed by atoms with van der Waals surface area (Å²) in [5.41, 5.74) is 2.35. The molecule has 0 aliphatic carbocycles. The lowest BCUT2D eigenvalue weighted by Crippen LogP contribution is -2.53. The van der Waals surface area contributed by atoms with Gasteiger partial charge in [0.1, 0.15) is 46.3 Å². The van der Waals surface area contributed by atoms with Crippen molar-refractivity contribution < 1.29 is 81.3 Å². The summed E-state index contributed by atoms with van der Waals surface area (Å²) in [6.45, 7) is 9.65. The molecule has 5 amide bonds. The number of methoxy groups -OCH3 is 2. The molecule has 0 radical (unpaired) electrons. The molecule has 3 aromatic carbocycles. The zero-order chi connectivity index (χ0) is 65.1. The van der Waals surface area contributed by atoms with Gasteiger partial charge in [-0.15, -0.1) is 0 Å². The number of benzene rings is 3. The molecular formula is C67H86ClN5O17. The number of likely N-dealkylation sites (N-methyl/N-ethyl adjacent to an activating group) is 2. The maximum absolute atomic E-state index is 14.4. The molecule has 4 aliphatic rings. The number of anilines is 2. The van der Waals surface area contributed by atoms with E-state index in [1.165, 1.54) is 42.9 Å². The van der Waals surface area contributed by atoms with E-state index in [1.54, 1.807) is 57.1 Å². The third kappa shape index (κ3) is 18.9. The lowest BCUT2D eigenvalue weighted by molar-refractivity contribution is -0.187. The second-order valence-electron chi connectivity index (χ2n) is 23.3. The van der Waals surface area contributed by atoms with Crippen LogP contribution in [0, 0.1) is 17.8 Å². The van der Waals surface area contributed by atoms with Crippen LogP contribution in [0.2, 0.25) is 5.02 Å². The monoisotopic (exact) mass is 1270 g/mol. The van der Waals surface area contributed by atoms with Gasteiger partial charge in [0, 0.05) is 77.5 Å². The van der Waals surface area contributed by atoms with Crippen molar-refractivity contribution in [1.29, 1.82) is 0 Å². The zero-order valence-electron chi connectivity index (χ0n) is 53.1. The predicted molar refractivity (Wildman–Crippen MR) is 334 cm³/mol. The molecule has 3 aromatic rings. The van der Waals surface area contributed by atoms with Crippen molar-refractivity contribution in [2.75, 3.05) is 111 Å². The van der Waals surface area contributed by atoms with Crippen LogP contribution in [0.5, 0.6) is 5.75 Å². The Balaban J connectivity index is 0.781. The van der Waals surface area contributed by atoms with E-state index in [0.29, 0.717) is 69.7 Å². The van der Waals surface area contributed by atoms with Crippen LogP contribution in [0.25, 0.3) is 0 Å². The molecule has 4 bridgehead atoms. The quantitative estimate of drug-likeness (QED) is 0.0410. The summed E-state index contributed by atoms with van der Waals surface area (Å²) in [5, 5.41) is 14.9. The average molecular weight is 1270 g/mol. The van der Waals surface area contributed by atoms with E-state index < -0.39 is 71.3 Å². The van der Waals surface area contributed by atoms with Crippen LogP contribution < -0.4 is 19.9 Å². The highest BCUT2D eigenvalue weighted by Gasteiger charge is 2.64. The number of carbonyl (C=O) groups is 7. The maximum atomic E-state index is 14.4. The zero-order valence-corrected chi connectivity index (χ0v) is 53.8. The van der Waals surface area contributed by atoms with Gasteiger partial charge in [0.05, 0.1) is 103 Å². The number of hydrogen-bond donors (Lipinski definition) is 2. The van der Waals surface area contributed by atoms with E-state index in [0.717, 1.165) is 27.8 Å². The lowest BCUT2D eigenvalue weighted by Gasteiger charge is -2.41. The first-order valence-corrected chi connectivity index (χ1v) is 30.8. The highest BCUT2D eigenvalue weighted by atomic mass is 35.5. The number of allylic oxidation sites excluding steroid dienone is 3. The van der Waals surface area contributed by atoms with E-state index in [9.17, 15) is 38.7 Å². The van der Waals surface area contributed by atoms with Crippen molar-refractivity contribution in [3.8, 4) is 17.6 Å². The summed E-state index contributed by atoms with van der Waals surface area (Å²) in [6.07, 6.45) is 1.80. The largest absolute Gasteiger partial charge is 0.495 e. The van der Waals surface area contributed by atoms with Crippen LogP contribution in [0.15, 0.2) is 84.5 Å². The molecule has 4 aliphatic heterocycles. The van der Waals surface area contributed by atoms with Crippen molar-refractivity contribution in [3.63, 3.8) is 0 Å². The number of fused-ring (bicyclic) bond motifs is 7. The van der Waals surface area contributed by atoms with Crippen molar-refractivity contribution in [1.82, 2.24) is 15.1 Å². The first kappa shape index (κ1) is 70.3. The number of amides is 5. The Hall–Kier alpha value is -7.20. The highest BCUT2D eigenvalue weighted by molar-refractivity contribution is 6.35. The third-order valence-electron chi connectivity index (χ3n) is 16.8. The standard InChI is InChI=1S/C67H86ClN5O17/c1-44-16-14-21-55(83-9)67(81)40-54(88-62(79)41-67)45(2)64-66(4,90-64)56(39-60(77)72(7)52-37-47(36-44)38-53(82-8)63(52)68)89-65(80)46(3)71(6)59(76)23-15-22-58(75)70(5)27-29-85-31-33-87-35-34-86-32-30-84-28-26-57(74)69-42-61(78)73-43-50-19-11-10-17-48(50)24-25-49-18-12-13-20-51(49)73/h10-14,16-21,37-38,45-46,54-56,64,81H,15,22-23,26-36,39-43H2,1-9H3,(H,69,74)/b21-14+,44-16+/t45-,46+,54+,55-,56+,64+,66+,67-/m1/s1. The van der Waals surface area contributed by atoms with E-state index >= 15 is 0 Å². The van der Waals surface area contributed by atoms with Crippen LogP contribution in [0.4, 0.5) is 11.4 Å². The number of nitrogens with one attached hydrogen (secondary N) is 1. The molecule has 0 spiro atoms. The van der Waals surface area contributed by atoms with Crippen LogP contribution in [0.3, 0.4) is 0 Å². The number of epoxide rings is 1. The van der Waals surface area contributed by atoms with E-state index in [2.05, 4.69) is 17.2 Å². The Morgan fingerprint density at radius 2 is 1.51 bits per heavy atom. The summed E-state index contributed by atoms with van der Waals surface area (Å²) in [6, 6.07) is 17.6. The van der Waals surface area contributed by atoms with Gasteiger partial charge in [0.25, 0.3) is 0 Å². The van der Waals surface area contributed by atoms with E-state index in [4.69, 9.17) is 54.2 Å². The molecule has 4 heterocycles. The molecule has 7 rings (SSSR count). The minimum atomic E-state index is -1.63. The van der Waals surface area contributed by atoms with Gasteiger partial charge in [-0.25, -0.2) is 4.79 Å². The van der Waals surface area contributed by atoms with Gasteiger partial charge in [0.2, 0.25) is 29.5 Å². The maximum Gasteiger partial charge on any atom is 0.328 e. The van der Waals surface area contributed by atoms with Gasteiger partial charge in [-0.1, -0.05) is 84.5 Å². The molecule has 2 saturated heterocycles. The van der Waals surface area contributed by atoms with Gasteiger partial charge in [-0.3, -0.25) is 28.8 Å². The second kappa shape index (κ2) is 33.2. The van der Waals surface area contributed by atoms with Crippen molar-refractivity contribution in [2.45, 2.75) is 127 Å². The SMILES string of the molecule is COc1cc2cc(c1Cl)N(C)C(=O)C[C@H](OC(=O)[C@H](C)N(C)C(=O)CCCC(=O)N(C)CCOCCOCCOCCOCCC(=O)NCC(=O)N1Cc3ccccc3C#Cc3ccccc31)[C@]1(C)O[C@H]1[C@H](C)[C@@H]1C[C@@](O)(CC(=O)O1)[C@H](OC)/C=C/C=C(\C)C2. The van der Waals surface area contributed by atoms with Crippen molar-refractivity contribution >= 4 is 64.5 Å². The first-order chi connectivity index (χ1) is 43.1. The topological polar surface area (TPSA) is 251 Å². The summed E-state index contributed by atoms with van der Waals surface area (Å²) >= 11 is 6.84. The smallest absolute Gasteiger partial charge is 0.328 e. The number of nitrogens with zero attached hydrogens (tertiary/aromatic N) is 4. The Morgan fingerprint density at radius 3 is 2.21 bits per heavy atom. The van der Waals surface area contributed by atoms with Gasteiger partial charge in [-0.2, -0.15) is 0 Å². The van der Waals surface area contributed by atoms with Crippen LogP contribution in [-0.2, 0) is 84.4 Å². The number of aliphatic hydroxyl groups is 1. The fourth-order valence-corrected chi connectivity index (χ4v) is 11.4. The molecular weight excluding hydrogens is 1180 g/mol. The van der Waals surface area contributed by atoms with Gasteiger partial charge < -0.3 is 72.7 Å². The minimum Gasteiger partial charge on any atom is -0.495 e. The Kier molecular flexibility index (Phi) is 25.9. The van der Waals surface area contributed by atoms with Gasteiger partial charge >= 0.3 is 11.9 Å². The number of ether oxygens (including phenoxy) is 9. The molecule has 8 atom stereocenters. The molecule has 23 heteroatoms. The van der Waals surface area contributed by atoms with Crippen LogP contribution >= 0.6 is 11.6 Å². The first-order valence-electron chi connectivity index (χ1n) is 30.4. The Labute approximate surface area is 532 Å². The Morgan fingerprint density at radius 1 is 0.867 bits per heavy atom. The molecule has 2 N–H and O–H groups in total. The van der Waals surface area contributed by atoms with Crippen molar-refractivity contribution in [3.05, 3.63) is 112 Å². The number of rotatable bonds is 26.